The molecule has 0 amide bonds. The number of alkyl halides is 6. The van der Waals surface area contributed by atoms with E-state index >= 15 is 0 Å². The van der Waals surface area contributed by atoms with Gasteiger partial charge in [-0.1, -0.05) is 0 Å². The summed E-state index contributed by atoms with van der Waals surface area (Å²) in [5.74, 6) is -5.03. The minimum Gasteiger partial charge on any atom is -0.286 e. The molecule has 0 aromatic carbocycles. The fourth-order valence-corrected chi connectivity index (χ4v) is 1.65. The van der Waals surface area contributed by atoms with Crippen LogP contribution in [0.2, 0.25) is 0 Å². The maximum absolute atomic E-state index is 12.6. The van der Waals surface area contributed by atoms with Crippen molar-refractivity contribution in [1.82, 2.24) is 14.6 Å². The molecule has 0 unspecified atom stereocenters. The summed E-state index contributed by atoms with van der Waals surface area (Å²) in [5.41, 5.74) is -0.218. The standard InChI is InChI=1S/C10H4F6N4/c11-9(12,13)7(10(14,15)16)8-19-18-6-3-5(4-17)1-2-20(6)8/h1-3,7H. The first-order valence-electron chi connectivity index (χ1n) is 5.03. The van der Waals surface area contributed by atoms with E-state index in [1.165, 1.54) is 0 Å². The summed E-state index contributed by atoms with van der Waals surface area (Å²) in [5, 5.41) is 14.8. The van der Waals surface area contributed by atoms with E-state index in [1.54, 1.807) is 6.07 Å². The Labute approximate surface area is 107 Å². The highest BCUT2D eigenvalue weighted by molar-refractivity contribution is 5.46. The zero-order valence-electron chi connectivity index (χ0n) is 9.37. The Morgan fingerprint density at radius 3 is 2.20 bits per heavy atom. The zero-order valence-corrected chi connectivity index (χ0v) is 9.37. The molecule has 2 heterocycles. The Bertz CT molecular complexity index is 664. The molecule has 0 atom stereocenters. The second kappa shape index (κ2) is 4.36. The van der Waals surface area contributed by atoms with Gasteiger partial charge in [-0.2, -0.15) is 31.6 Å². The van der Waals surface area contributed by atoms with Crippen molar-refractivity contribution in [2.24, 2.45) is 0 Å². The van der Waals surface area contributed by atoms with Crippen LogP contribution in [-0.4, -0.2) is 27.0 Å². The van der Waals surface area contributed by atoms with Crippen molar-refractivity contribution in [2.75, 3.05) is 0 Å². The molecule has 106 valence electrons. The Morgan fingerprint density at radius 1 is 1.10 bits per heavy atom. The van der Waals surface area contributed by atoms with Crippen LogP contribution in [0.4, 0.5) is 26.3 Å². The lowest BCUT2D eigenvalue weighted by molar-refractivity contribution is -0.255. The number of nitrogens with zero attached hydrogens (tertiary/aromatic N) is 4. The fourth-order valence-electron chi connectivity index (χ4n) is 1.65. The molecule has 0 spiro atoms. The zero-order chi connectivity index (χ0) is 15.1. The molecule has 0 aliphatic carbocycles. The Hall–Kier alpha value is -2.31. The van der Waals surface area contributed by atoms with Gasteiger partial charge in [0, 0.05) is 12.3 Å². The molecule has 2 aromatic heterocycles. The average Bonchev–Trinajstić information content (AvgIpc) is 2.68. The Morgan fingerprint density at radius 2 is 1.70 bits per heavy atom. The summed E-state index contributed by atoms with van der Waals surface area (Å²) >= 11 is 0. The largest absolute Gasteiger partial charge is 0.407 e. The molecule has 0 aliphatic rings. The van der Waals surface area contributed by atoms with E-state index in [9.17, 15) is 26.3 Å². The van der Waals surface area contributed by atoms with Crippen molar-refractivity contribution in [3.05, 3.63) is 29.7 Å². The number of pyridine rings is 1. The fraction of sp³-hybridized carbons (Fsp3) is 0.300. The maximum Gasteiger partial charge on any atom is 0.407 e. The molecule has 0 saturated heterocycles. The quantitative estimate of drug-likeness (QED) is 0.760. The van der Waals surface area contributed by atoms with Gasteiger partial charge in [-0.05, 0) is 6.07 Å². The van der Waals surface area contributed by atoms with Gasteiger partial charge in [-0.25, -0.2) is 0 Å². The summed E-state index contributed by atoms with van der Waals surface area (Å²) in [6.45, 7) is 0. The normalized spacial score (nSPS) is 12.9. The highest BCUT2D eigenvalue weighted by atomic mass is 19.4. The van der Waals surface area contributed by atoms with Crippen molar-refractivity contribution in [2.45, 2.75) is 18.3 Å². The molecule has 0 saturated carbocycles. The topological polar surface area (TPSA) is 54.0 Å². The molecule has 0 N–H and O–H groups in total. The van der Waals surface area contributed by atoms with Crippen molar-refractivity contribution < 1.29 is 26.3 Å². The molecule has 20 heavy (non-hydrogen) atoms. The summed E-state index contributed by atoms with van der Waals surface area (Å²) in [6.07, 6.45) is -10.2. The maximum atomic E-state index is 12.6. The minimum atomic E-state index is -5.55. The van der Waals surface area contributed by atoms with Gasteiger partial charge in [0.1, 0.15) is 0 Å². The molecule has 4 nitrogen and oxygen atoms in total. The van der Waals surface area contributed by atoms with Gasteiger partial charge < -0.3 is 0 Å². The van der Waals surface area contributed by atoms with Crippen molar-refractivity contribution in [3.8, 4) is 6.07 Å². The SMILES string of the molecule is N#Cc1ccn2c(C(C(F)(F)F)C(F)(F)F)nnc2c1. The van der Waals surface area contributed by atoms with Gasteiger partial charge in [-0.15, -0.1) is 10.2 Å². The summed E-state index contributed by atoms with van der Waals surface area (Å²) < 4.78 is 76.2. The van der Waals surface area contributed by atoms with Crippen LogP contribution in [0.15, 0.2) is 18.3 Å². The molecule has 2 aromatic rings. The Balaban J connectivity index is 2.64. The predicted octanol–water partition coefficient (Wildman–Crippen LogP) is 2.81. The van der Waals surface area contributed by atoms with Crippen LogP contribution in [0, 0.1) is 11.3 Å². The molecular formula is C10H4F6N4. The van der Waals surface area contributed by atoms with Gasteiger partial charge in [-0.3, -0.25) is 4.40 Å². The van der Waals surface area contributed by atoms with E-state index in [1.807, 2.05) is 0 Å². The van der Waals surface area contributed by atoms with E-state index in [0.717, 1.165) is 18.3 Å². The molecule has 0 radical (unpaired) electrons. The lowest BCUT2D eigenvalue weighted by atomic mass is 10.1. The molecule has 10 heteroatoms. The van der Waals surface area contributed by atoms with Crippen LogP contribution < -0.4 is 0 Å². The van der Waals surface area contributed by atoms with Crippen LogP contribution in [0.5, 0.6) is 0 Å². The first-order valence-corrected chi connectivity index (χ1v) is 5.03. The molecule has 2 rings (SSSR count). The van der Waals surface area contributed by atoms with Crippen molar-refractivity contribution >= 4 is 5.65 Å². The third-order valence-corrected chi connectivity index (χ3v) is 2.48. The highest BCUT2D eigenvalue weighted by Crippen LogP contribution is 2.45. The van der Waals surface area contributed by atoms with Crippen LogP contribution in [0.25, 0.3) is 5.65 Å². The average molecular weight is 294 g/mol. The van der Waals surface area contributed by atoms with Crippen LogP contribution in [-0.2, 0) is 0 Å². The predicted molar refractivity (Wildman–Crippen MR) is 52.6 cm³/mol. The number of hydrogen-bond donors (Lipinski definition) is 0. The number of hydrogen-bond acceptors (Lipinski definition) is 3. The molecule has 0 fully saturated rings. The Kier molecular flexibility index (Phi) is 3.08. The number of aromatic nitrogens is 3. The van der Waals surface area contributed by atoms with E-state index in [2.05, 4.69) is 10.2 Å². The van der Waals surface area contributed by atoms with E-state index < -0.39 is 24.1 Å². The van der Waals surface area contributed by atoms with Crippen LogP contribution >= 0.6 is 0 Å². The lowest BCUT2D eigenvalue weighted by Crippen LogP contribution is -2.35. The minimum absolute atomic E-state index is 0.0482. The second-order valence-electron chi connectivity index (χ2n) is 3.83. The first kappa shape index (κ1) is 14.1. The molecule has 0 bridgehead atoms. The van der Waals surface area contributed by atoms with Gasteiger partial charge in [0.2, 0.25) is 5.92 Å². The smallest absolute Gasteiger partial charge is 0.286 e. The van der Waals surface area contributed by atoms with Crippen LogP contribution in [0.1, 0.15) is 17.3 Å². The first-order chi connectivity index (χ1) is 9.14. The third-order valence-electron chi connectivity index (χ3n) is 2.48. The number of rotatable bonds is 1. The summed E-state index contributed by atoms with van der Waals surface area (Å²) in [7, 11) is 0. The summed E-state index contributed by atoms with van der Waals surface area (Å²) in [6, 6.07) is 3.81. The number of nitriles is 1. The summed E-state index contributed by atoms with van der Waals surface area (Å²) in [4.78, 5) is 0. The van der Waals surface area contributed by atoms with Gasteiger partial charge >= 0.3 is 12.4 Å². The van der Waals surface area contributed by atoms with Gasteiger partial charge in [0.15, 0.2) is 11.5 Å². The number of fused-ring (bicyclic) bond motifs is 1. The molecular weight excluding hydrogens is 290 g/mol. The van der Waals surface area contributed by atoms with E-state index in [4.69, 9.17) is 5.26 Å². The second-order valence-corrected chi connectivity index (χ2v) is 3.83. The monoisotopic (exact) mass is 294 g/mol. The van der Waals surface area contributed by atoms with Crippen molar-refractivity contribution in [3.63, 3.8) is 0 Å². The lowest BCUT2D eigenvalue weighted by Gasteiger charge is -2.21. The van der Waals surface area contributed by atoms with E-state index in [-0.39, 0.29) is 11.2 Å². The number of halogens is 6. The van der Waals surface area contributed by atoms with Crippen LogP contribution in [0.3, 0.4) is 0 Å². The van der Waals surface area contributed by atoms with Gasteiger partial charge in [0.25, 0.3) is 0 Å². The highest BCUT2D eigenvalue weighted by Gasteiger charge is 2.59. The van der Waals surface area contributed by atoms with E-state index in [0.29, 0.717) is 4.40 Å². The van der Waals surface area contributed by atoms with Gasteiger partial charge in [0.05, 0.1) is 11.6 Å². The molecule has 0 aliphatic heterocycles. The third kappa shape index (κ3) is 2.38. The van der Waals surface area contributed by atoms with Crippen molar-refractivity contribution in [1.29, 1.82) is 5.26 Å².